The van der Waals surface area contributed by atoms with Crippen molar-refractivity contribution in [1.29, 1.82) is 0 Å². The maximum Gasteiger partial charge on any atom is 0.407 e. The molecule has 1 aromatic carbocycles. The Kier molecular flexibility index (Phi) is 6.24. The van der Waals surface area contributed by atoms with E-state index < -0.39 is 11.7 Å². The number of hydrogen-bond acceptors (Lipinski definition) is 8. The van der Waals surface area contributed by atoms with Gasteiger partial charge in [-0.25, -0.2) is 14.8 Å². The molecule has 10 heteroatoms. The SMILES string of the molecule is CC1(CNC(=O)OC(C)(C)C)CCN(c2cnc(-c3ccc4c(c3)NC(=O)CO4)c(N)n2)CC1. The molecule has 4 N–H and O–H groups in total. The summed E-state index contributed by atoms with van der Waals surface area (Å²) in [5.41, 5.74) is 7.62. The van der Waals surface area contributed by atoms with Gasteiger partial charge in [-0.2, -0.15) is 0 Å². The monoisotopic (exact) mass is 468 g/mol. The number of rotatable bonds is 4. The zero-order valence-corrected chi connectivity index (χ0v) is 20.1. The fourth-order valence-corrected chi connectivity index (χ4v) is 4.05. The maximum atomic E-state index is 12.0. The van der Waals surface area contributed by atoms with Crippen molar-refractivity contribution in [2.24, 2.45) is 5.41 Å². The van der Waals surface area contributed by atoms with E-state index in [9.17, 15) is 9.59 Å². The second kappa shape index (κ2) is 9.00. The molecule has 0 atom stereocenters. The second-order valence-electron chi connectivity index (χ2n) is 10.2. The average molecular weight is 469 g/mol. The van der Waals surface area contributed by atoms with Crippen LogP contribution in [0, 0.1) is 5.41 Å². The van der Waals surface area contributed by atoms with Crippen LogP contribution in [0.15, 0.2) is 24.4 Å². The van der Waals surface area contributed by atoms with E-state index in [2.05, 4.69) is 32.4 Å². The minimum atomic E-state index is -0.514. The molecule has 4 rings (SSSR count). The number of ether oxygens (including phenoxy) is 2. The van der Waals surface area contributed by atoms with Gasteiger partial charge < -0.3 is 30.7 Å². The summed E-state index contributed by atoms with van der Waals surface area (Å²) in [6, 6.07) is 5.42. The normalized spacial score (nSPS) is 17.3. The molecule has 1 saturated heterocycles. The lowest BCUT2D eigenvalue weighted by atomic mass is 9.80. The number of carbonyl (C=O) groups excluding carboxylic acids is 2. The zero-order valence-electron chi connectivity index (χ0n) is 20.1. The minimum absolute atomic E-state index is 0.00886. The predicted octanol–water partition coefficient (Wildman–Crippen LogP) is 3.19. The van der Waals surface area contributed by atoms with E-state index in [1.807, 2.05) is 26.8 Å². The van der Waals surface area contributed by atoms with Gasteiger partial charge in [-0.1, -0.05) is 6.92 Å². The molecule has 10 nitrogen and oxygen atoms in total. The second-order valence-corrected chi connectivity index (χ2v) is 10.2. The third-order valence-corrected chi connectivity index (χ3v) is 6.03. The van der Waals surface area contributed by atoms with Gasteiger partial charge in [-0.3, -0.25) is 4.79 Å². The van der Waals surface area contributed by atoms with Crippen LogP contribution in [-0.2, 0) is 9.53 Å². The van der Waals surface area contributed by atoms with Gasteiger partial charge in [0, 0.05) is 25.2 Å². The average Bonchev–Trinajstić information content (AvgIpc) is 2.77. The van der Waals surface area contributed by atoms with Crippen molar-refractivity contribution in [2.45, 2.75) is 46.1 Å². The molecule has 0 radical (unpaired) electrons. The van der Waals surface area contributed by atoms with E-state index in [0.29, 0.717) is 29.5 Å². The van der Waals surface area contributed by atoms with Crippen LogP contribution in [0.4, 0.5) is 22.1 Å². The van der Waals surface area contributed by atoms with Crippen LogP contribution in [0.5, 0.6) is 5.75 Å². The molecular formula is C24H32N6O4. The number of nitrogens with one attached hydrogen (secondary N) is 2. The highest BCUT2D eigenvalue weighted by atomic mass is 16.6. The number of anilines is 3. The molecule has 2 aliphatic heterocycles. The Balaban J connectivity index is 1.38. The van der Waals surface area contributed by atoms with Gasteiger partial charge in [-0.05, 0) is 57.2 Å². The Morgan fingerprint density at radius 3 is 2.74 bits per heavy atom. The van der Waals surface area contributed by atoms with Crippen molar-refractivity contribution < 1.29 is 19.1 Å². The molecule has 0 bridgehead atoms. The van der Waals surface area contributed by atoms with E-state index in [1.54, 1.807) is 18.3 Å². The van der Waals surface area contributed by atoms with Gasteiger partial charge in [0.05, 0.1) is 11.9 Å². The number of carbonyl (C=O) groups is 2. The quantitative estimate of drug-likeness (QED) is 0.623. The predicted molar refractivity (Wildman–Crippen MR) is 130 cm³/mol. The number of alkyl carbamates (subject to hydrolysis) is 1. The lowest BCUT2D eigenvalue weighted by Crippen LogP contribution is -2.46. The topological polar surface area (TPSA) is 132 Å². The Morgan fingerprint density at radius 1 is 1.32 bits per heavy atom. The maximum absolute atomic E-state index is 12.0. The first-order valence-electron chi connectivity index (χ1n) is 11.4. The first-order valence-corrected chi connectivity index (χ1v) is 11.4. The molecule has 1 aromatic heterocycles. The van der Waals surface area contributed by atoms with Crippen molar-refractivity contribution >= 4 is 29.3 Å². The summed E-state index contributed by atoms with van der Waals surface area (Å²) >= 11 is 0. The molecule has 0 unspecified atom stereocenters. The van der Waals surface area contributed by atoms with E-state index in [-0.39, 0.29) is 17.9 Å². The highest BCUT2D eigenvalue weighted by molar-refractivity contribution is 5.96. The van der Waals surface area contributed by atoms with E-state index in [0.717, 1.165) is 37.3 Å². The molecule has 0 aliphatic carbocycles. The largest absolute Gasteiger partial charge is 0.482 e. The Labute approximate surface area is 199 Å². The van der Waals surface area contributed by atoms with Crippen LogP contribution < -0.4 is 26.0 Å². The molecule has 34 heavy (non-hydrogen) atoms. The molecular weight excluding hydrogens is 436 g/mol. The van der Waals surface area contributed by atoms with E-state index >= 15 is 0 Å². The lowest BCUT2D eigenvalue weighted by molar-refractivity contribution is -0.118. The van der Waals surface area contributed by atoms with Gasteiger partial charge in [0.15, 0.2) is 12.4 Å². The lowest BCUT2D eigenvalue weighted by Gasteiger charge is -2.40. The number of amides is 2. The van der Waals surface area contributed by atoms with Gasteiger partial charge in [-0.15, -0.1) is 0 Å². The van der Waals surface area contributed by atoms with Crippen molar-refractivity contribution in [3.8, 4) is 17.0 Å². The molecule has 0 spiro atoms. The fraction of sp³-hybridized carbons (Fsp3) is 0.500. The van der Waals surface area contributed by atoms with Crippen LogP contribution in [0.1, 0.15) is 40.5 Å². The number of benzene rings is 1. The summed E-state index contributed by atoms with van der Waals surface area (Å²) in [7, 11) is 0. The summed E-state index contributed by atoms with van der Waals surface area (Å²) in [6.07, 6.45) is 3.11. The van der Waals surface area contributed by atoms with Gasteiger partial charge in [0.2, 0.25) is 0 Å². The van der Waals surface area contributed by atoms with Crippen LogP contribution in [0.3, 0.4) is 0 Å². The minimum Gasteiger partial charge on any atom is -0.482 e. The summed E-state index contributed by atoms with van der Waals surface area (Å²) in [5, 5.41) is 5.69. The van der Waals surface area contributed by atoms with Crippen molar-refractivity contribution in [3.63, 3.8) is 0 Å². The Hall–Kier alpha value is -3.56. The number of piperidine rings is 1. The molecule has 2 amide bonds. The molecule has 2 aliphatic rings. The van der Waals surface area contributed by atoms with Crippen LogP contribution in [0.2, 0.25) is 0 Å². The summed E-state index contributed by atoms with van der Waals surface area (Å²) < 4.78 is 10.7. The molecule has 0 saturated carbocycles. The number of nitrogen functional groups attached to an aromatic ring is 1. The molecule has 182 valence electrons. The summed E-state index contributed by atoms with van der Waals surface area (Å²) in [6.45, 7) is 9.84. The van der Waals surface area contributed by atoms with E-state index in [4.69, 9.17) is 15.2 Å². The third-order valence-electron chi connectivity index (χ3n) is 6.03. The number of hydrogen-bond donors (Lipinski definition) is 3. The standard InChI is InChI=1S/C24H32N6O4/c1-23(2,3)34-22(32)27-14-24(4)7-9-30(10-8-24)18-12-26-20(21(25)29-18)15-5-6-17-16(11-15)28-19(31)13-33-17/h5-6,11-12H,7-10,13-14H2,1-4H3,(H2,25,29)(H,27,32)(H,28,31). The molecule has 1 fully saturated rings. The van der Waals surface area contributed by atoms with Crippen LogP contribution >= 0.6 is 0 Å². The number of nitrogens with zero attached hydrogens (tertiary/aromatic N) is 3. The van der Waals surface area contributed by atoms with Crippen molar-refractivity contribution in [3.05, 3.63) is 24.4 Å². The van der Waals surface area contributed by atoms with Gasteiger partial charge in [0.1, 0.15) is 22.9 Å². The summed E-state index contributed by atoms with van der Waals surface area (Å²) in [4.78, 5) is 34.9. The van der Waals surface area contributed by atoms with Gasteiger partial charge in [0.25, 0.3) is 5.91 Å². The van der Waals surface area contributed by atoms with Gasteiger partial charge >= 0.3 is 6.09 Å². The first-order chi connectivity index (χ1) is 16.0. The number of aromatic nitrogens is 2. The Morgan fingerprint density at radius 2 is 2.06 bits per heavy atom. The first kappa shape index (κ1) is 23.6. The third kappa shape index (κ3) is 5.49. The fourth-order valence-electron chi connectivity index (χ4n) is 4.05. The number of nitrogens with two attached hydrogens (primary N) is 1. The van der Waals surface area contributed by atoms with Crippen LogP contribution in [0.25, 0.3) is 11.3 Å². The Bertz CT molecular complexity index is 1090. The van der Waals surface area contributed by atoms with Crippen molar-refractivity contribution in [1.82, 2.24) is 15.3 Å². The van der Waals surface area contributed by atoms with Crippen LogP contribution in [-0.4, -0.2) is 53.8 Å². The highest BCUT2D eigenvalue weighted by Crippen LogP contribution is 2.35. The molecule has 3 heterocycles. The number of fused-ring (bicyclic) bond motifs is 1. The van der Waals surface area contributed by atoms with E-state index in [1.165, 1.54) is 0 Å². The highest BCUT2D eigenvalue weighted by Gasteiger charge is 2.32. The summed E-state index contributed by atoms with van der Waals surface area (Å²) in [5.74, 6) is 1.46. The van der Waals surface area contributed by atoms with Crippen molar-refractivity contribution in [2.75, 3.05) is 42.2 Å². The molecule has 2 aromatic rings. The zero-order chi connectivity index (χ0) is 24.5. The smallest absolute Gasteiger partial charge is 0.407 e.